The van der Waals surface area contributed by atoms with Gasteiger partial charge in [-0.15, -0.1) is 0 Å². The average Bonchev–Trinajstić information content (AvgIpc) is 3.32. The Balaban J connectivity index is 1.48. The van der Waals surface area contributed by atoms with Crippen molar-refractivity contribution in [2.75, 3.05) is 20.1 Å². The first kappa shape index (κ1) is 15.6. The van der Waals surface area contributed by atoms with Gasteiger partial charge in [-0.2, -0.15) is 0 Å². The van der Waals surface area contributed by atoms with E-state index in [2.05, 4.69) is 36.1 Å². The van der Waals surface area contributed by atoms with Gasteiger partial charge in [0.1, 0.15) is 0 Å². The molecule has 0 N–H and O–H groups in total. The van der Waals surface area contributed by atoms with Crippen LogP contribution in [0.3, 0.4) is 0 Å². The van der Waals surface area contributed by atoms with E-state index in [4.69, 9.17) is 18.9 Å². The Labute approximate surface area is 158 Å². The molecule has 0 aliphatic carbocycles. The highest BCUT2D eigenvalue weighted by atomic mass is 16.7. The minimum atomic E-state index is 0.327. The average molecular weight is 365 g/mol. The van der Waals surface area contributed by atoms with Crippen LogP contribution in [-0.4, -0.2) is 25.0 Å². The molecule has 0 saturated carbocycles. The summed E-state index contributed by atoms with van der Waals surface area (Å²) in [6, 6.07) is 9.60. The fraction of sp³-hybridized carbons (Fsp3) is 0.455. The number of unbranched alkanes of at least 4 members (excludes halogenated alkanes) is 1. The summed E-state index contributed by atoms with van der Waals surface area (Å²) in [6.45, 7) is 4.03. The zero-order valence-electron chi connectivity index (χ0n) is 15.5. The standard InChI is InChI=1S/C22H23NO4/c1-2-3-4-23-17-5-13-7-19-21(26-11-24-19)9-15(13)18(23)6-14-8-20-22(10-16(14)17)27-12-25-20/h7-10,17-18H,2-6,11-12H2,1H3. The molecule has 4 aliphatic heterocycles. The van der Waals surface area contributed by atoms with Crippen LogP contribution in [-0.2, 0) is 12.8 Å². The van der Waals surface area contributed by atoms with E-state index in [1.807, 2.05) is 0 Å². The van der Waals surface area contributed by atoms with Crippen LogP contribution in [0.2, 0.25) is 0 Å². The lowest BCUT2D eigenvalue weighted by atomic mass is 9.76. The third kappa shape index (κ3) is 2.27. The molecule has 2 atom stereocenters. The van der Waals surface area contributed by atoms with Gasteiger partial charge in [0.05, 0.1) is 0 Å². The van der Waals surface area contributed by atoms with Gasteiger partial charge >= 0.3 is 0 Å². The maximum atomic E-state index is 5.67. The number of nitrogens with zero attached hydrogens (tertiary/aromatic N) is 1. The van der Waals surface area contributed by atoms with Crippen LogP contribution in [0.15, 0.2) is 24.3 Å². The second-order valence-corrected chi connectivity index (χ2v) is 7.84. The summed E-state index contributed by atoms with van der Waals surface area (Å²) in [5, 5.41) is 0. The fourth-order valence-electron chi connectivity index (χ4n) is 5.07. The SMILES string of the molecule is CCCCN1C2Cc3cc4c(cc3C1Cc1cc3c(cc12)OCO3)OCO4. The highest BCUT2D eigenvalue weighted by Gasteiger charge is 2.41. The van der Waals surface area contributed by atoms with Crippen LogP contribution in [0, 0.1) is 0 Å². The molecule has 4 aliphatic rings. The molecule has 2 bridgehead atoms. The number of fused-ring (bicyclic) bond motifs is 8. The molecule has 4 heterocycles. The van der Waals surface area contributed by atoms with Crippen molar-refractivity contribution in [1.82, 2.24) is 4.90 Å². The van der Waals surface area contributed by atoms with Gasteiger partial charge in [0.25, 0.3) is 0 Å². The molecule has 27 heavy (non-hydrogen) atoms. The van der Waals surface area contributed by atoms with Crippen molar-refractivity contribution in [3.63, 3.8) is 0 Å². The molecule has 0 spiro atoms. The second-order valence-electron chi connectivity index (χ2n) is 7.84. The largest absolute Gasteiger partial charge is 0.454 e. The highest BCUT2D eigenvalue weighted by Crippen LogP contribution is 2.52. The molecule has 0 saturated heterocycles. The molecule has 2 unspecified atom stereocenters. The van der Waals surface area contributed by atoms with Crippen molar-refractivity contribution < 1.29 is 18.9 Å². The molecule has 140 valence electrons. The lowest BCUT2D eigenvalue weighted by molar-refractivity contribution is 0.0993. The number of benzene rings is 2. The Bertz CT molecular complexity index is 854. The summed E-state index contributed by atoms with van der Waals surface area (Å²) in [5.41, 5.74) is 5.58. The maximum Gasteiger partial charge on any atom is 0.231 e. The normalized spacial score (nSPS) is 23.9. The highest BCUT2D eigenvalue weighted by molar-refractivity contribution is 5.56. The molecule has 0 aromatic heterocycles. The zero-order valence-corrected chi connectivity index (χ0v) is 15.5. The van der Waals surface area contributed by atoms with Crippen molar-refractivity contribution in [1.29, 1.82) is 0 Å². The van der Waals surface area contributed by atoms with Crippen LogP contribution in [0.1, 0.15) is 54.1 Å². The number of hydrogen-bond acceptors (Lipinski definition) is 5. The molecular weight excluding hydrogens is 342 g/mol. The lowest BCUT2D eigenvalue weighted by Gasteiger charge is -2.48. The van der Waals surface area contributed by atoms with E-state index in [1.165, 1.54) is 35.1 Å². The van der Waals surface area contributed by atoms with E-state index >= 15 is 0 Å². The summed E-state index contributed by atoms with van der Waals surface area (Å²) in [7, 11) is 0. The van der Waals surface area contributed by atoms with Crippen molar-refractivity contribution in [2.45, 2.75) is 44.7 Å². The summed E-state index contributed by atoms with van der Waals surface area (Å²) in [5.74, 6) is 3.55. The number of ether oxygens (including phenoxy) is 4. The number of hydrogen-bond donors (Lipinski definition) is 0. The van der Waals surface area contributed by atoms with Gasteiger partial charge < -0.3 is 18.9 Å². The monoisotopic (exact) mass is 365 g/mol. The summed E-state index contributed by atoms with van der Waals surface area (Å²) < 4.78 is 22.6. The van der Waals surface area contributed by atoms with E-state index in [0.29, 0.717) is 25.7 Å². The van der Waals surface area contributed by atoms with E-state index in [-0.39, 0.29) is 0 Å². The van der Waals surface area contributed by atoms with Gasteiger partial charge in [0.15, 0.2) is 23.0 Å². The predicted molar refractivity (Wildman–Crippen MR) is 99.6 cm³/mol. The Kier molecular flexibility index (Phi) is 3.36. The first-order valence-electron chi connectivity index (χ1n) is 9.92. The van der Waals surface area contributed by atoms with Crippen molar-refractivity contribution in [2.24, 2.45) is 0 Å². The molecule has 0 fully saturated rings. The fourth-order valence-corrected chi connectivity index (χ4v) is 5.07. The van der Waals surface area contributed by atoms with Gasteiger partial charge in [-0.1, -0.05) is 13.3 Å². The van der Waals surface area contributed by atoms with Gasteiger partial charge in [0.2, 0.25) is 13.6 Å². The molecule has 0 amide bonds. The summed E-state index contributed by atoms with van der Waals surface area (Å²) in [6.07, 6.45) is 4.42. The molecule has 2 aromatic carbocycles. The third-order valence-electron chi connectivity index (χ3n) is 6.38. The molecule has 5 heteroatoms. The molecule has 0 radical (unpaired) electrons. The smallest absolute Gasteiger partial charge is 0.231 e. The quantitative estimate of drug-likeness (QED) is 0.818. The Morgan fingerprint density at radius 2 is 1.26 bits per heavy atom. The zero-order chi connectivity index (χ0) is 18.0. The van der Waals surface area contributed by atoms with Crippen LogP contribution < -0.4 is 18.9 Å². The van der Waals surface area contributed by atoms with Gasteiger partial charge in [0, 0.05) is 12.1 Å². The molecule has 5 nitrogen and oxygen atoms in total. The summed E-state index contributed by atoms with van der Waals surface area (Å²) in [4.78, 5) is 2.69. The molecule has 2 aromatic rings. The van der Waals surface area contributed by atoms with E-state index in [1.54, 1.807) is 0 Å². The minimum absolute atomic E-state index is 0.327. The van der Waals surface area contributed by atoms with E-state index in [0.717, 1.165) is 42.4 Å². The van der Waals surface area contributed by atoms with Gasteiger partial charge in [-0.3, -0.25) is 4.90 Å². The predicted octanol–water partition coefficient (Wildman–Crippen LogP) is 4.14. The Hall–Kier alpha value is -2.40. The van der Waals surface area contributed by atoms with Crippen LogP contribution in [0.5, 0.6) is 23.0 Å². The van der Waals surface area contributed by atoms with Gasteiger partial charge in [-0.05, 0) is 72.3 Å². The van der Waals surface area contributed by atoms with Gasteiger partial charge in [-0.25, -0.2) is 0 Å². The molecule has 6 rings (SSSR count). The second kappa shape index (κ2) is 5.80. The maximum absolute atomic E-state index is 5.67. The third-order valence-corrected chi connectivity index (χ3v) is 6.38. The minimum Gasteiger partial charge on any atom is -0.454 e. The van der Waals surface area contributed by atoms with Crippen LogP contribution in [0.4, 0.5) is 0 Å². The molecular formula is C22H23NO4. The van der Waals surface area contributed by atoms with Crippen molar-refractivity contribution in [3.8, 4) is 23.0 Å². The number of rotatable bonds is 3. The van der Waals surface area contributed by atoms with Crippen molar-refractivity contribution >= 4 is 0 Å². The van der Waals surface area contributed by atoms with Crippen LogP contribution in [0.25, 0.3) is 0 Å². The Morgan fingerprint density at radius 1 is 0.778 bits per heavy atom. The van der Waals surface area contributed by atoms with E-state index < -0.39 is 0 Å². The first-order chi connectivity index (χ1) is 13.3. The van der Waals surface area contributed by atoms with E-state index in [9.17, 15) is 0 Å². The summed E-state index contributed by atoms with van der Waals surface area (Å²) >= 11 is 0. The topological polar surface area (TPSA) is 40.2 Å². The van der Waals surface area contributed by atoms with Crippen molar-refractivity contribution in [3.05, 3.63) is 46.5 Å². The first-order valence-corrected chi connectivity index (χ1v) is 9.92. The Morgan fingerprint density at radius 3 is 1.74 bits per heavy atom. The van der Waals surface area contributed by atoms with Crippen LogP contribution >= 0.6 is 0 Å². The lowest BCUT2D eigenvalue weighted by Crippen LogP contribution is -2.43.